The Morgan fingerprint density at radius 1 is 1.40 bits per heavy atom. The summed E-state index contributed by atoms with van der Waals surface area (Å²) in [5, 5.41) is 0. The van der Waals surface area contributed by atoms with Crippen molar-refractivity contribution in [1.82, 2.24) is 4.90 Å². The molecule has 0 bridgehead atoms. The monoisotopic (exact) mass is 272 g/mol. The van der Waals surface area contributed by atoms with E-state index >= 15 is 0 Å². The molecule has 2 N–H and O–H groups in total. The zero-order valence-corrected chi connectivity index (χ0v) is 12.4. The molecule has 0 aromatic heterocycles. The molecule has 1 aliphatic rings. The minimum absolute atomic E-state index is 0.339. The second-order valence-electron chi connectivity index (χ2n) is 5.44. The molecule has 1 saturated heterocycles. The normalized spacial score (nSPS) is 23.1. The highest BCUT2D eigenvalue weighted by atomic mass is 16.5. The van der Waals surface area contributed by atoms with Crippen LogP contribution in [-0.2, 0) is 11.3 Å². The van der Waals surface area contributed by atoms with E-state index in [-0.39, 0.29) is 0 Å². The van der Waals surface area contributed by atoms with Crippen LogP contribution in [-0.4, -0.2) is 37.7 Å². The van der Waals surface area contributed by atoms with E-state index in [9.17, 15) is 0 Å². The topological polar surface area (TPSA) is 38.5 Å². The van der Waals surface area contributed by atoms with Crippen molar-refractivity contribution in [3.63, 3.8) is 0 Å². The quantitative estimate of drug-likeness (QED) is 0.854. The lowest BCUT2D eigenvalue weighted by molar-refractivity contribution is -0.00746. The van der Waals surface area contributed by atoms with Gasteiger partial charge in [-0.3, -0.25) is 4.90 Å². The predicted octanol–water partition coefficient (Wildman–Crippen LogP) is 1.85. The van der Waals surface area contributed by atoms with Gasteiger partial charge in [0.25, 0.3) is 0 Å². The summed E-state index contributed by atoms with van der Waals surface area (Å²) in [6, 6.07) is 8.32. The van der Waals surface area contributed by atoms with Crippen LogP contribution in [0.4, 0.5) is 0 Å². The van der Waals surface area contributed by atoms with E-state index in [1.807, 2.05) is 13.2 Å². The van der Waals surface area contributed by atoms with Gasteiger partial charge in [-0.2, -0.15) is 0 Å². The van der Waals surface area contributed by atoms with E-state index in [1.165, 1.54) is 12.0 Å². The van der Waals surface area contributed by atoms with Gasteiger partial charge < -0.3 is 10.5 Å². The van der Waals surface area contributed by atoms with Gasteiger partial charge in [0.1, 0.15) is 0 Å². The standard InChI is InChI=1S/C17H24N2O/c1-14-9-11-19(13-17(14)20-2)12-16-7-4-3-6-15(16)8-5-10-18/h3-4,6-7,14,17H,9-13,18H2,1-2H3. The Morgan fingerprint density at radius 3 is 2.95 bits per heavy atom. The van der Waals surface area contributed by atoms with E-state index in [2.05, 4.69) is 41.9 Å². The maximum Gasteiger partial charge on any atom is 0.0724 e. The first-order valence-electron chi connectivity index (χ1n) is 7.26. The van der Waals surface area contributed by atoms with Crippen LogP contribution < -0.4 is 5.73 Å². The third-order valence-electron chi connectivity index (χ3n) is 4.01. The van der Waals surface area contributed by atoms with Crippen LogP contribution in [0.5, 0.6) is 0 Å². The van der Waals surface area contributed by atoms with Gasteiger partial charge in [-0.15, -0.1) is 0 Å². The van der Waals surface area contributed by atoms with Crippen LogP contribution in [0.2, 0.25) is 0 Å². The molecule has 3 nitrogen and oxygen atoms in total. The Bertz CT molecular complexity index is 489. The Hall–Kier alpha value is -1.34. The van der Waals surface area contributed by atoms with Crippen LogP contribution in [0, 0.1) is 17.8 Å². The summed E-state index contributed by atoms with van der Waals surface area (Å²) in [6.45, 7) is 5.73. The lowest BCUT2D eigenvalue weighted by atomic mass is 9.95. The highest BCUT2D eigenvalue weighted by Gasteiger charge is 2.26. The SMILES string of the molecule is COC1CN(Cc2ccccc2C#CCN)CCC1C. The van der Waals surface area contributed by atoms with Gasteiger partial charge in [0.2, 0.25) is 0 Å². The van der Waals surface area contributed by atoms with Gasteiger partial charge in [-0.05, 0) is 30.5 Å². The fourth-order valence-corrected chi connectivity index (χ4v) is 2.72. The molecular formula is C17H24N2O. The van der Waals surface area contributed by atoms with Crippen LogP contribution in [0.25, 0.3) is 0 Å². The molecule has 2 atom stereocenters. The van der Waals surface area contributed by atoms with Crippen LogP contribution in [0.3, 0.4) is 0 Å². The fraction of sp³-hybridized carbons (Fsp3) is 0.529. The molecule has 0 aliphatic carbocycles. The smallest absolute Gasteiger partial charge is 0.0724 e. The van der Waals surface area contributed by atoms with Gasteiger partial charge in [-0.25, -0.2) is 0 Å². The van der Waals surface area contributed by atoms with E-state index in [0.717, 1.165) is 25.2 Å². The number of methoxy groups -OCH3 is 1. The highest BCUT2D eigenvalue weighted by molar-refractivity contribution is 5.41. The summed E-state index contributed by atoms with van der Waals surface area (Å²) < 4.78 is 5.58. The Kier molecular flexibility index (Phi) is 5.60. The molecule has 0 radical (unpaired) electrons. The molecule has 1 aromatic carbocycles. The van der Waals surface area contributed by atoms with Crippen molar-refractivity contribution in [3.05, 3.63) is 35.4 Å². The van der Waals surface area contributed by atoms with Crippen molar-refractivity contribution in [2.75, 3.05) is 26.7 Å². The molecule has 1 aliphatic heterocycles. The Balaban J connectivity index is 2.06. The lowest BCUT2D eigenvalue weighted by Crippen LogP contribution is -2.43. The molecule has 3 heteroatoms. The van der Waals surface area contributed by atoms with Gasteiger partial charge in [-0.1, -0.05) is 37.0 Å². The zero-order valence-electron chi connectivity index (χ0n) is 12.4. The highest BCUT2D eigenvalue weighted by Crippen LogP contribution is 2.21. The van der Waals surface area contributed by atoms with Crippen molar-refractivity contribution >= 4 is 0 Å². The van der Waals surface area contributed by atoms with E-state index in [0.29, 0.717) is 18.6 Å². The minimum Gasteiger partial charge on any atom is -0.380 e. The molecule has 108 valence electrons. The molecule has 0 saturated carbocycles. The summed E-state index contributed by atoms with van der Waals surface area (Å²) in [5.74, 6) is 6.75. The Morgan fingerprint density at radius 2 is 2.20 bits per heavy atom. The zero-order chi connectivity index (χ0) is 14.4. The molecule has 0 amide bonds. The van der Waals surface area contributed by atoms with E-state index in [1.54, 1.807) is 0 Å². The van der Waals surface area contributed by atoms with E-state index in [4.69, 9.17) is 10.5 Å². The average molecular weight is 272 g/mol. The predicted molar refractivity (Wildman–Crippen MR) is 82.2 cm³/mol. The first-order valence-corrected chi connectivity index (χ1v) is 7.26. The number of hydrogen-bond acceptors (Lipinski definition) is 3. The number of nitrogens with zero attached hydrogens (tertiary/aromatic N) is 1. The fourth-order valence-electron chi connectivity index (χ4n) is 2.72. The van der Waals surface area contributed by atoms with Gasteiger partial charge in [0.05, 0.1) is 12.6 Å². The molecular weight excluding hydrogens is 248 g/mol. The summed E-state index contributed by atoms with van der Waals surface area (Å²) in [7, 11) is 1.81. The first kappa shape index (κ1) is 15.1. The minimum atomic E-state index is 0.339. The molecule has 1 heterocycles. The lowest BCUT2D eigenvalue weighted by Gasteiger charge is -2.36. The molecule has 2 unspecified atom stereocenters. The van der Waals surface area contributed by atoms with E-state index < -0.39 is 0 Å². The van der Waals surface area contributed by atoms with Crippen molar-refractivity contribution in [2.24, 2.45) is 11.7 Å². The molecule has 1 aromatic rings. The van der Waals surface area contributed by atoms with Crippen LogP contribution in [0.15, 0.2) is 24.3 Å². The van der Waals surface area contributed by atoms with Gasteiger partial charge in [0, 0.05) is 25.8 Å². The third-order valence-corrected chi connectivity index (χ3v) is 4.01. The maximum atomic E-state index is 5.58. The van der Waals surface area contributed by atoms with Gasteiger partial charge >= 0.3 is 0 Å². The number of nitrogens with two attached hydrogens (primary N) is 1. The van der Waals surface area contributed by atoms with Crippen molar-refractivity contribution < 1.29 is 4.74 Å². The van der Waals surface area contributed by atoms with Crippen LogP contribution in [0.1, 0.15) is 24.5 Å². The van der Waals surface area contributed by atoms with Crippen LogP contribution >= 0.6 is 0 Å². The molecule has 1 fully saturated rings. The molecule has 2 rings (SSSR count). The number of hydrogen-bond donors (Lipinski definition) is 1. The van der Waals surface area contributed by atoms with Crippen molar-refractivity contribution in [1.29, 1.82) is 0 Å². The second kappa shape index (κ2) is 7.44. The Labute approximate surface area is 122 Å². The largest absolute Gasteiger partial charge is 0.380 e. The number of ether oxygens (including phenoxy) is 1. The van der Waals surface area contributed by atoms with Crippen molar-refractivity contribution in [3.8, 4) is 11.8 Å². The molecule has 20 heavy (non-hydrogen) atoms. The average Bonchev–Trinajstić information content (AvgIpc) is 2.48. The third kappa shape index (κ3) is 3.83. The van der Waals surface area contributed by atoms with Gasteiger partial charge in [0.15, 0.2) is 0 Å². The number of piperidine rings is 1. The summed E-state index contributed by atoms with van der Waals surface area (Å²) in [6.07, 6.45) is 1.53. The number of benzene rings is 1. The first-order chi connectivity index (χ1) is 9.74. The summed E-state index contributed by atoms with van der Waals surface area (Å²) >= 11 is 0. The van der Waals surface area contributed by atoms with Crippen molar-refractivity contribution in [2.45, 2.75) is 26.0 Å². The summed E-state index contributed by atoms with van der Waals surface area (Å²) in [5.41, 5.74) is 7.83. The second-order valence-corrected chi connectivity index (χ2v) is 5.44. The molecule has 0 spiro atoms. The number of rotatable bonds is 3. The number of likely N-dealkylation sites (tertiary alicyclic amines) is 1. The summed E-state index contributed by atoms with van der Waals surface area (Å²) in [4.78, 5) is 2.46. The maximum absolute atomic E-state index is 5.58.